The summed E-state index contributed by atoms with van der Waals surface area (Å²) >= 11 is 6.29. The lowest BCUT2D eigenvalue weighted by molar-refractivity contribution is 0.481. The third-order valence-corrected chi connectivity index (χ3v) is 5.90. The van der Waals surface area contributed by atoms with Crippen LogP contribution in [0.4, 0.5) is 10.2 Å². The fourth-order valence-corrected chi connectivity index (χ4v) is 3.96. The summed E-state index contributed by atoms with van der Waals surface area (Å²) in [7, 11) is 0. The fourth-order valence-electron chi connectivity index (χ4n) is 3.78. The summed E-state index contributed by atoms with van der Waals surface area (Å²) in [6.45, 7) is 4.26. The molecule has 4 aromatic heterocycles. The van der Waals surface area contributed by atoms with E-state index in [2.05, 4.69) is 44.1 Å². The number of hydrogen-bond donors (Lipinski definition) is 2. The average Bonchev–Trinajstić information content (AvgIpc) is 3.43. The van der Waals surface area contributed by atoms with Gasteiger partial charge in [-0.2, -0.15) is 5.10 Å². The third-order valence-electron chi connectivity index (χ3n) is 5.64. The van der Waals surface area contributed by atoms with Crippen LogP contribution < -0.4 is 5.32 Å². The Bertz CT molecular complexity index is 1410. The summed E-state index contributed by atoms with van der Waals surface area (Å²) in [5, 5.41) is 8.67. The van der Waals surface area contributed by atoms with Crippen molar-refractivity contribution < 1.29 is 4.39 Å². The summed E-state index contributed by atoms with van der Waals surface area (Å²) in [6, 6.07) is 8.11. The van der Waals surface area contributed by atoms with Crippen LogP contribution in [0.1, 0.15) is 31.9 Å². The van der Waals surface area contributed by atoms with Crippen LogP contribution in [-0.4, -0.2) is 34.5 Å². The zero-order valence-corrected chi connectivity index (χ0v) is 18.2. The first-order valence-electron chi connectivity index (χ1n) is 10.3. The van der Waals surface area contributed by atoms with Gasteiger partial charge in [0.15, 0.2) is 22.3 Å². The lowest BCUT2D eigenvalue weighted by atomic mass is 9.90. The number of aromatic amines is 1. The minimum absolute atomic E-state index is 0.185. The molecule has 5 rings (SSSR count). The zero-order valence-electron chi connectivity index (χ0n) is 17.4. The topological polar surface area (TPSA) is 96.7 Å². The normalized spacial score (nSPS) is 13.5. The number of rotatable bonds is 6. The molecule has 0 aliphatic carbocycles. The quantitative estimate of drug-likeness (QED) is 0.375. The van der Waals surface area contributed by atoms with Crippen LogP contribution in [0.2, 0.25) is 5.15 Å². The van der Waals surface area contributed by atoms with E-state index in [4.69, 9.17) is 16.7 Å². The minimum atomic E-state index is -0.338. The monoisotopic (exact) mass is 450 g/mol. The number of benzene rings is 1. The maximum absolute atomic E-state index is 14.1. The van der Waals surface area contributed by atoms with Crippen molar-refractivity contribution in [3.8, 4) is 11.3 Å². The Hall–Kier alpha value is -3.59. The Morgan fingerprint density at radius 2 is 2.06 bits per heavy atom. The highest BCUT2D eigenvalue weighted by Crippen LogP contribution is 2.36. The number of halogens is 2. The predicted octanol–water partition coefficient (Wildman–Crippen LogP) is 5.05. The van der Waals surface area contributed by atoms with Gasteiger partial charge in [0, 0.05) is 11.1 Å². The number of nitrogens with one attached hydrogen (secondary N) is 2. The van der Waals surface area contributed by atoms with Crippen LogP contribution >= 0.6 is 11.6 Å². The van der Waals surface area contributed by atoms with Crippen LogP contribution in [-0.2, 0) is 0 Å². The molecule has 0 aliphatic heterocycles. The van der Waals surface area contributed by atoms with Crippen LogP contribution in [0.5, 0.6) is 0 Å². The molecule has 2 atom stereocenters. The molecule has 0 radical (unpaired) electrons. The van der Waals surface area contributed by atoms with Crippen LogP contribution in [0.3, 0.4) is 0 Å². The largest absolute Gasteiger partial charge is 0.361 e. The van der Waals surface area contributed by atoms with Crippen molar-refractivity contribution in [2.24, 2.45) is 5.92 Å². The van der Waals surface area contributed by atoms with Crippen molar-refractivity contribution in [3.63, 3.8) is 0 Å². The smallest absolute Gasteiger partial charge is 0.182 e. The van der Waals surface area contributed by atoms with Crippen molar-refractivity contribution >= 4 is 34.2 Å². The molecule has 0 amide bonds. The Kier molecular flexibility index (Phi) is 5.18. The summed E-state index contributed by atoms with van der Waals surface area (Å²) in [5.74, 6) is 0.476. The Morgan fingerprint density at radius 3 is 2.88 bits per heavy atom. The van der Waals surface area contributed by atoms with E-state index in [0.717, 1.165) is 12.0 Å². The molecule has 4 heterocycles. The van der Waals surface area contributed by atoms with Gasteiger partial charge in [-0.25, -0.2) is 28.8 Å². The molecule has 2 N–H and O–H groups in total. The van der Waals surface area contributed by atoms with E-state index in [1.807, 2.05) is 12.1 Å². The lowest BCUT2D eigenvalue weighted by Crippen LogP contribution is -2.21. The van der Waals surface area contributed by atoms with E-state index in [9.17, 15) is 4.39 Å². The number of hydrogen-bond acceptors (Lipinski definition) is 6. The lowest BCUT2D eigenvalue weighted by Gasteiger charge is -2.27. The molecule has 10 heteroatoms. The number of aromatic nitrogens is 7. The van der Waals surface area contributed by atoms with Crippen molar-refractivity contribution in [1.29, 1.82) is 0 Å². The first-order chi connectivity index (χ1) is 15.5. The Balaban J connectivity index is 1.71. The van der Waals surface area contributed by atoms with E-state index in [1.165, 1.54) is 18.5 Å². The number of anilines is 1. The second-order valence-corrected chi connectivity index (χ2v) is 8.03. The molecular weight excluding hydrogens is 431 g/mol. The second kappa shape index (κ2) is 8.16. The van der Waals surface area contributed by atoms with Crippen LogP contribution in [0.25, 0.3) is 28.1 Å². The van der Waals surface area contributed by atoms with E-state index in [0.29, 0.717) is 39.0 Å². The van der Waals surface area contributed by atoms with Gasteiger partial charge >= 0.3 is 0 Å². The highest BCUT2D eigenvalue weighted by atomic mass is 35.5. The molecule has 0 aliphatic rings. The summed E-state index contributed by atoms with van der Waals surface area (Å²) in [4.78, 5) is 20.3. The fraction of sp³-hybridized carbons (Fsp3) is 0.227. The van der Waals surface area contributed by atoms with Crippen LogP contribution in [0, 0.1) is 11.7 Å². The maximum atomic E-state index is 14.1. The Morgan fingerprint density at radius 1 is 1.19 bits per heavy atom. The second-order valence-electron chi connectivity index (χ2n) is 7.64. The van der Waals surface area contributed by atoms with Gasteiger partial charge in [0.1, 0.15) is 17.7 Å². The van der Waals surface area contributed by atoms with Gasteiger partial charge in [0.25, 0.3) is 0 Å². The number of nitrogens with zero attached hydrogens (tertiary/aromatic N) is 6. The van der Waals surface area contributed by atoms with Crippen molar-refractivity contribution in [3.05, 3.63) is 65.7 Å². The molecule has 1 unspecified atom stereocenters. The van der Waals surface area contributed by atoms with Gasteiger partial charge in [-0.1, -0.05) is 44.0 Å². The van der Waals surface area contributed by atoms with Crippen molar-refractivity contribution in [2.75, 3.05) is 5.32 Å². The summed E-state index contributed by atoms with van der Waals surface area (Å²) in [5.41, 5.74) is 4.02. The number of H-pyrrole nitrogens is 1. The van der Waals surface area contributed by atoms with Gasteiger partial charge in [-0.15, -0.1) is 0 Å². The van der Waals surface area contributed by atoms with Gasteiger partial charge in [0.2, 0.25) is 0 Å². The van der Waals surface area contributed by atoms with E-state index < -0.39 is 0 Å². The van der Waals surface area contributed by atoms with Crippen molar-refractivity contribution in [2.45, 2.75) is 26.3 Å². The molecule has 1 aromatic carbocycles. The van der Waals surface area contributed by atoms with Gasteiger partial charge in [0.05, 0.1) is 24.3 Å². The van der Waals surface area contributed by atoms with Gasteiger partial charge in [-0.3, -0.25) is 0 Å². The molecular formula is C22H20ClFN8. The standard InChI is InChI=1S/C22H20ClFN8/c1-3-12(2)18(30-22-20-21(27-10-26-20)28-11-29-22)15-8-17-25-9-16(23)32(17)31-19(15)13-5-4-6-14(24)7-13/h4-12,18H,3H2,1-2H3,(H2,26,27,28,29,30)/t12?,18-/m1/s1. The SMILES string of the molecule is CCC(C)[C@@H](Nc1ncnc2nc[nH]c12)c1cc2ncc(Cl)n2nc1-c1cccc(F)c1. The number of fused-ring (bicyclic) bond motifs is 2. The summed E-state index contributed by atoms with van der Waals surface area (Å²) < 4.78 is 15.7. The maximum Gasteiger partial charge on any atom is 0.182 e. The van der Waals surface area contributed by atoms with E-state index in [-0.39, 0.29) is 17.8 Å². The molecule has 0 bridgehead atoms. The van der Waals surface area contributed by atoms with Crippen molar-refractivity contribution in [1.82, 2.24) is 34.5 Å². The Labute approximate surface area is 187 Å². The molecule has 5 aromatic rings. The first kappa shape index (κ1) is 20.3. The highest BCUT2D eigenvalue weighted by Gasteiger charge is 2.26. The molecule has 0 saturated carbocycles. The highest BCUT2D eigenvalue weighted by molar-refractivity contribution is 6.29. The van der Waals surface area contributed by atoms with Crippen LogP contribution in [0.15, 0.2) is 49.2 Å². The molecule has 32 heavy (non-hydrogen) atoms. The predicted molar refractivity (Wildman–Crippen MR) is 121 cm³/mol. The number of imidazole rings is 2. The minimum Gasteiger partial charge on any atom is -0.361 e. The molecule has 0 fully saturated rings. The molecule has 0 saturated heterocycles. The first-order valence-corrected chi connectivity index (χ1v) is 10.6. The van der Waals surface area contributed by atoms with Gasteiger partial charge < -0.3 is 10.3 Å². The molecule has 0 spiro atoms. The van der Waals surface area contributed by atoms with Gasteiger partial charge in [-0.05, 0) is 24.1 Å². The summed E-state index contributed by atoms with van der Waals surface area (Å²) in [6.07, 6.45) is 5.49. The third kappa shape index (κ3) is 3.54. The average molecular weight is 451 g/mol. The van der Waals surface area contributed by atoms with E-state index >= 15 is 0 Å². The molecule has 162 valence electrons. The zero-order chi connectivity index (χ0) is 22.2. The van der Waals surface area contributed by atoms with E-state index in [1.54, 1.807) is 23.1 Å². The molecule has 8 nitrogen and oxygen atoms in total.